The molecule has 0 spiro atoms. The number of nitrogens with zero attached hydrogens (tertiary/aromatic N) is 1. The Kier molecular flexibility index (Phi) is 4.01. The molecule has 0 amide bonds. The van der Waals surface area contributed by atoms with Crippen molar-refractivity contribution in [2.24, 2.45) is 0 Å². The molecular formula is C12H18N2O2. The number of rotatable bonds is 4. The van der Waals surface area contributed by atoms with Crippen molar-refractivity contribution >= 4 is 5.69 Å². The van der Waals surface area contributed by atoms with Gasteiger partial charge in [0.1, 0.15) is 0 Å². The van der Waals surface area contributed by atoms with Gasteiger partial charge in [0, 0.05) is 17.2 Å². The fourth-order valence-corrected chi connectivity index (χ4v) is 1.47. The largest absolute Gasteiger partial charge is 0.312 e. The minimum absolute atomic E-state index is 0.0452. The van der Waals surface area contributed by atoms with Crippen LogP contribution >= 0.6 is 0 Å². The lowest BCUT2D eigenvalue weighted by atomic mass is 10.1. The second-order valence-electron chi connectivity index (χ2n) is 4.81. The van der Waals surface area contributed by atoms with E-state index >= 15 is 0 Å². The van der Waals surface area contributed by atoms with Gasteiger partial charge in [0.15, 0.2) is 0 Å². The van der Waals surface area contributed by atoms with Gasteiger partial charge in [0.2, 0.25) is 0 Å². The number of nitrogens with one attached hydrogen (secondary N) is 1. The molecule has 0 atom stereocenters. The van der Waals surface area contributed by atoms with Crippen molar-refractivity contribution in [2.75, 3.05) is 6.54 Å². The van der Waals surface area contributed by atoms with Crippen LogP contribution in [0.15, 0.2) is 24.3 Å². The molecule has 4 heteroatoms. The molecule has 0 saturated carbocycles. The molecule has 0 bridgehead atoms. The van der Waals surface area contributed by atoms with Gasteiger partial charge in [-0.05, 0) is 33.7 Å². The van der Waals surface area contributed by atoms with Crippen LogP contribution in [0.3, 0.4) is 0 Å². The normalized spacial score (nSPS) is 11.4. The summed E-state index contributed by atoms with van der Waals surface area (Å²) in [7, 11) is 0. The molecule has 16 heavy (non-hydrogen) atoms. The average Bonchev–Trinajstić information content (AvgIpc) is 2.16. The average molecular weight is 222 g/mol. The molecule has 0 aliphatic heterocycles. The summed E-state index contributed by atoms with van der Waals surface area (Å²) in [5, 5.41) is 14.1. The van der Waals surface area contributed by atoms with Gasteiger partial charge in [0.25, 0.3) is 5.69 Å². The van der Waals surface area contributed by atoms with Crippen molar-refractivity contribution < 1.29 is 4.92 Å². The Bertz CT molecular complexity index is 370. The maximum Gasteiger partial charge on any atom is 0.272 e. The first-order valence-electron chi connectivity index (χ1n) is 5.37. The minimum Gasteiger partial charge on any atom is -0.312 e. The summed E-state index contributed by atoms with van der Waals surface area (Å²) < 4.78 is 0. The predicted molar refractivity (Wildman–Crippen MR) is 64.6 cm³/mol. The fraction of sp³-hybridized carbons (Fsp3) is 0.500. The van der Waals surface area contributed by atoms with Crippen molar-refractivity contribution in [3.8, 4) is 0 Å². The molecule has 1 aromatic carbocycles. The summed E-state index contributed by atoms with van der Waals surface area (Å²) in [4.78, 5) is 10.4. The van der Waals surface area contributed by atoms with E-state index in [9.17, 15) is 10.1 Å². The van der Waals surface area contributed by atoms with E-state index in [1.165, 1.54) is 0 Å². The summed E-state index contributed by atoms with van der Waals surface area (Å²) in [6.45, 7) is 6.97. The van der Waals surface area contributed by atoms with Crippen molar-refractivity contribution in [3.05, 3.63) is 39.9 Å². The van der Waals surface area contributed by atoms with Crippen LogP contribution in [0.1, 0.15) is 26.3 Å². The molecule has 1 rings (SSSR count). The van der Waals surface area contributed by atoms with Gasteiger partial charge in [-0.2, -0.15) is 0 Å². The molecule has 0 unspecified atom stereocenters. The zero-order valence-corrected chi connectivity index (χ0v) is 9.99. The molecular weight excluding hydrogens is 204 g/mol. The van der Waals surface area contributed by atoms with Crippen LogP contribution in [0.2, 0.25) is 0 Å². The number of nitro benzene ring substituents is 1. The topological polar surface area (TPSA) is 55.2 Å². The van der Waals surface area contributed by atoms with E-state index in [0.717, 1.165) is 12.1 Å². The van der Waals surface area contributed by atoms with Crippen LogP contribution in [-0.4, -0.2) is 17.0 Å². The van der Waals surface area contributed by atoms with Crippen LogP contribution in [0, 0.1) is 10.1 Å². The maximum atomic E-state index is 10.8. The van der Waals surface area contributed by atoms with Gasteiger partial charge in [0.05, 0.1) is 4.92 Å². The van der Waals surface area contributed by atoms with Crippen LogP contribution in [0.4, 0.5) is 5.69 Å². The number of hydrogen-bond donors (Lipinski definition) is 1. The fourth-order valence-electron chi connectivity index (χ4n) is 1.47. The van der Waals surface area contributed by atoms with Crippen LogP contribution in [-0.2, 0) is 6.42 Å². The molecule has 0 aliphatic rings. The zero-order chi connectivity index (χ0) is 12.2. The summed E-state index contributed by atoms with van der Waals surface area (Å²) in [6, 6.07) is 6.88. The van der Waals surface area contributed by atoms with Gasteiger partial charge < -0.3 is 5.32 Å². The highest BCUT2D eigenvalue weighted by atomic mass is 16.6. The highest BCUT2D eigenvalue weighted by molar-refractivity contribution is 5.39. The minimum atomic E-state index is -0.327. The van der Waals surface area contributed by atoms with E-state index < -0.39 is 0 Å². The van der Waals surface area contributed by atoms with E-state index in [0.29, 0.717) is 6.42 Å². The number of hydrogen-bond acceptors (Lipinski definition) is 3. The third-order valence-corrected chi connectivity index (χ3v) is 2.24. The molecule has 88 valence electrons. The van der Waals surface area contributed by atoms with Gasteiger partial charge in [-0.1, -0.05) is 18.2 Å². The first kappa shape index (κ1) is 12.6. The van der Waals surface area contributed by atoms with Crippen LogP contribution in [0.25, 0.3) is 0 Å². The first-order valence-corrected chi connectivity index (χ1v) is 5.37. The van der Waals surface area contributed by atoms with E-state index in [2.05, 4.69) is 26.1 Å². The van der Waals surface area contributed by atoms with E-state index in [4.69, 9.17) is 0 Å². The Morgan fingerprint density at radius 1 is 1.31 bits per heavy atom. The number of benzene rings is 1. The summed E-state index contributed by atoms with van der Waals surface area (Å²) in [5.74, 6) is 0. The monoisotopic (exact) mass is 222 g/mol. The van der Waals surface area contributed by atoms with Crippen molar-refractivity contribution in [2.45, 2.75) is 32.7 Å². The summed E-state index contributed by atoms with van der Waals surface area (Å²) >= 11 is 0. The Morgan fingerprint density at radius 2 is 1.94 bits per heavy atom. The lowest BCUT2D eigenvalue weighted by Crippen LogP contribution is -2.37. The second kappa shape index (κ2) is 5.07. The molecule has 0 aromatic heterocycles. The molecule has 0 aliphatic carbocycles. The standard InChI is InChI=1S/C12H18N2O2/c1-12(2,3)13-9-8-10-6-4-5-7-11(10)14(15)16/h4-7,13H,8-9H2,1-3H3. The van der Waals surface area contributed by atoms with E-state index in [-0.39, 0.29) is 16.1 Å². The summed E-state index contributed by atoms with van der Waals surface area (Å²) in [5.41, 5.74) is 1.03. The van der Waals surface area contributed by atoms with Gasteiger partial charge in [-0.25, -0.2) is 0 Å². The van der Waals surface area contributed by atoms with Gasteiger partial charge >= 0.3 is 0 Å². The van der Waals surface area contributed by atoms with Crippen molar-refractivity contribution in [3.63, 3.8) is 0 Å². The Morgan fingerprint density at radius 3 is 2.50 bits per heavy atom. The SMILES string of the molecule is CC(C)(C)NCCc1ccccc1[N+](=O)[O-]. The highest BCUT2D eigenvalue weighted by Gasteiger charge is 2.13. The molecule has 0 fully saturated rings. The highest BCUT2D eigenvalue weighted by Crippen LogP contribution is 2.17. The predicted octanol–water partition coefficient (Wildman–Crippen LogP) is 2.53. The molecule has 1 aromatic rings. The third kappa shape index (κ3) is 3.98. The quantitative estimate of drug-likeness (QED) is 0.629. The number of para-hydroxylation sites is 1. The Labute approximate surface area is 95.8 Å². The second-order valence-corrected chi connectivity index (χ2v) is 4.81. The molecule has 1 N–H and O–H groups in total. The van der Waals surface area contributed by atoms with E-state index in [1.807, 2.05) is 12.1 Å². The van der Waals surface area contributed by atoms with Gasteiger partial charge in [-0.15, -0.1) is 0 Å². The molecule has 0 radical (unpaired) electrons. The van der Waals surface area contributed by atoms with Crippen LogP contribution < -0.4 is 5.32 Å². The van der Waals surface area contributed by atoms with E-state index in [1.54, 1.807) is 12.1 Å². The third-order valence-electron chi connectivity index (χ3n) is 2.24. The number of nitro groups is 1. The Balaban J connectivity index is 2.64. The first-order chi connectivity index (χ1) is 7.40. The molecule has 0 heterocycles. The lowest BCUT2D eigenvalue weighted by Gasteiger charge is -2.20. The lowest BCUT2D eigenvalue weighted by molar-refractivity contribution is -0.385. The summed E-state index contributed by atoms with van der Waals surface area (Å²) in [6.07, 6.45) is 0.675. The van der Waals surface area contributed by atoms with Crippen LogP contribution in [0.5, 0.6) is 0 Å². The van der Waals surface area contributed by atoms with Gasteiger partial charge in [-0.3, -0.25) is 10.1 Å². The zero-order valence-electron chi connectivity index (χ0n) is 9.99. The molecule has 4 nitrogen and oxygen atoms in total. The van der Waals surface area contributed by atoms with Crippen molar-refractivity contribution in [1.82, 2.24) is 5.32 Å². The Hall–Kier alpha value is -1.42. The van der Waals surface area contributed by atoms with Crippen molar-refractivity contribution in [1.29, 1.82) is 0 Å². The molecule has 0 saturated heterocycles. The maximum absolute atomic E-state index is 10.8. The smallest absolute Gasteiger partial charge is 0.272 e.